The van der Waals surface area contributed by atoms with Crippen LogP contribution in [-0.2, 0) is 19.2 Å². The molecule has 0 radical (unpaired) electrons. The minimum absolute atomic E-state index is 0.238. The number of para-hydroxylation sites is 3. The highest BCUT2D eigenvalue weighted by molar-refractivity contribution is 6.11. The Labute approximate surface area is 201 Å². The molecule has 4 amide bonds. The molecule has 1 aliphatic rings. The molecule has 1 heterocycles. The van der Waals surface area contributed by atoms with Crippen LogP contribution in [0.25, 0.3) is 0 Å². The summed E-state index contributed by atoms with van der Waals surface area (Å²) >= 11 is 0. The first-order valence-corrected chi connectivity index (χ1v) is 11.0. The molecular formula is C24H27F2N5O4. The van der Waals surface area contributed by atoms with E-state index in [0.717, 1.165) is 23.1 Å². The van der Waals surface area contributed by atoms with Crippen LogP contribution in [-0.4, -0.2) is 55.3 Å². The van der Waals surface area contributed by atoms with E-state index in [-0.39, 0.29) is 11.6 Å². The predicted octanol–water partition coefficient (Wildman–Crippen LogP) is 1.78. The number of anilines is 3. The van der Waals surface area contributed by atoms with Gasteiger partial charge in [0.05, 0.1) is 23.5 Å². The van der Waals surface area contributed by atoms with Gasteiger partial charge in [0.15, 0.2) is 0 Å². The summed E-state index contributed by atoms with van der Waals surface area (Å²) < 4.78 is 28.1. The molecule has 0 aliphatic carbocycles. The van der Waals surface area contributed by atoms with Crippen molar-refractivity contribution in [2.45, 2.75) is 38.9 Å². The molecule has 3 N–H and O–H groups in total. The van der Waals surface area contributed by atoms with Crippen LogP contribution in [0.3, 0.4) is 0 Å². The summed E-state index contributed by atoms with van der Waals surface area (Å²) in [6.45, 7) is 3.93. The van der Waals surface area contributed by atoms with Crippen molar-refractivity contribution in [2.75, 3.05) is 28.7 Å². The molecule has 11 heteroatoms. The molecule has 0 unspecified atom stereocenters. The van der Waals surface area contributed by atoms with E-state index in [4.69, 9.17) is 0 Å². The van der Waals surface area contributed by atoms with Gasteiger partial charge in [-0.05, 0) is 45.2 Å². The lowest BCUT2D eigenvalue weighted by Crippen LogP contribution is -2.60. The summed E-state index contributed by atoms with van der Waals surface area (Å²) in [4.78, 5) is 54.2. The molecule has 186 valence electrons. The van der Waals surface area contributed by atoms with Crippen LogP contribution in [0.2, 0.25) is 0 Å². The number of likely N-dealkylation sites (N-methyl/N-ethyl adjacent to an activating group) is 1. The van der Waals surface area contributed by atoms with E-state index in [1.165, 1.54) is 11.8 Å². The summed E-state index contributed by atoms with van der Waals surface area (Å²) in [6, 6.07) is 6.96. The third-order valence-electron chi connectivity index (χ3n) is 5.85. The average Bonchev–Trinajstić information content (AvgIpc) is 2.90. The van der Waals surface area contributed by atoms with Crippen molar-refractivity contribution in [3.8, 4) is 0 Å². The smallest absolute Gasteiger partial charge is 0.252 e. The van der Waals surface area contributed by atoms with Gasteiger partial charge in [-0.1, -0.05) is 18.2 Å². The standard InChI is InChI=1S/C24H27F2N5O4/c1-13(27-4)23(34)29-21-14(2)31(15(3)32)19-11-6-5-10-18(19)30(24(21)35)12-20(33)28-22-16(25)8-7-9-17(22)26/h5-11,13-14,21,27H,12H2,1-4H3,(H,28,33)(H,29,34)/t13-,14-,21-/m0/s1. The maximum Gasteiger partial charge on any atom is 0.252 e. The van der Waals surface area contributed by atoms with Gasteiger partial charge in [-0.3, -0.25) is 24.1 Å². The summed E-state index contributed by atoms with van der Waals surface area (Å²) in [5.41, 5.74) is -0.0502. The molecule has 0 saturated heterocycles. The number of benzene rings is 2. The second-order valence-corrected chi connectivity index (χ2v) is 8.18. The number of nitrogens with one attached hydrogen (secondary N) is 3. The maximum atomic E-state index is 14.0. The Kier molecular flexibility index (Phi) is 7.80. The Balaban J connectivity index is 2.02. The Morgan fingerprint density at radius 1 is 1.03 bits per heavy atom. The van der Waals surface area contributed by atoms with Gasteiger partial charge in [-0.15, -0.1) is 0 Å². The van der Waals surface area contributed by atoms with E-state index in [0.29, 0.717) is 5.69 Å². The van der Waals surface area contributed by atoms with Crippen LogP contribution in [0.1, 0.15) is 20.8 Å². The second kappa shape index (κ2) is 10.6. The van der Waals surface area contributed by atoms with Crippen molar-refractivity contribution in [3.05, 3.63) is 54.1 Å². The minimum atomic E-state index is -1.20. The third-order valence-corrected chi connectivity index (χ3v) is 5.85. The van der Waals surface area contributed by atoms with Crippen LogP contribution in [0.4, 0.5) is 25.8 Å². The number of nitrogens with zero attached hydrogens (tertiary/aromatic N) is 2. The van der Waals surface area contributed by atoms with E-state index in [2.05, 4.69) is 16.0 Å². The van der Waals surface area contributed by atoms with Crippen molar-refractivity contribution >= 4 is 40.7 Å². The first-order valence-electron chi connectivity index (χ1n) is 11.0. The van der Waals surface area contributed by atoms with Gasteiger partial charge in [-0.2, -0.15) is 0 Å². The highest BCUT2D eigenvalue weighted by Gasteiger charge is 2.42. The van der Waals surface area contributed by atoms with Gasteiger partial charge in [-0.25, -0.2) is 8.78 Å². The monoisotopic (exact) mass is 487 g/mol. The molecule has 2 aromatic rings. The van der Waals surface area contributed by atoms with E-state index >= 15 is 0 Å². The maximum absolute atomic E-state index is 14.0. The average molecular weight is 488 g/mol. The number of hydrogen-bond donors (Lipinski definition) is 3. The van der Waals surface area contributed by atoms with Crippen molar-refractivity contribution in [2.24, 2.45) is 0 Å². The molecule has 0 fully saturated rings. The highest BCUT2D eigenvalue weighted by Crippen LogP contribution is 2.35. The molecule has 35 heavy (non-hydrogen) atoms. The Bertz CT molecular complexity index is 1140. The second-order valence-electron chi connectivity index (χ2n) is 8.18. The fraction of sp³-hybridized carbons (Fsp3) is 0.333. The summed E-state index contributed by atoms with van der Waals surface area (Å²) in [6.07, 6.45) is 0. The number of carbonyl (C=O) groups is 4. The van der Waals surface area contributed by atoms with Crippen LogP contribution in [0, 0.1) is 11.6 Å². The van der Waals surface area contributed by atoms with E-state index in [1.807, 2.05) is 0 Å². The van der Waals surface area contributed by atoms with Crippen molar-refractivity contribution in [3.63, 3.8) is 0 Å². The predicted molar refractivity (Wildman–Crippen MR) is 127 cm³/mol. The lowest BCUT2D eigenvalue weighted by molar-refractivity contribution is -0.129. The molecule has 0 bridgehead atoms. The fourth-order valence-electron chi connectivity index (χ4n) is 3.91. The van der Waals surface area contributed by atoms with Crippen molar-refractivity contribution < 1.29 is 28.0 Å². The molecule has 3 atom stereocenters. The van der Waals surface area contributed by atoms with E-state index < -0.39 is 59.7 Å². The van der Waals surface area contributed by atoms with Gasteiger partial charge in [0.2, 0.25) is 17.7 Å². The van der Waals surface area contributed by atoms with Gasteiger partial charge in [0.25, 0.3) is 5.91 Å². The minimum Gasteiger partial charge on any atom is -0.341 e. The number of fused-ring (bicyclic) bond motifs is 1. The number of hydrogen-bond acceptors (Lipinski definition) is 5. The molecular weight excluding hydrogens is 460 g/mol. The number of rotatable bonds is 6. The quantitative estimate of drug-likeness (QED) is 0.576. The zero-order valence-corrected chi connectivity index (χ0v) is 19.8. The summed E-state index contributed by atoms with van der Waals surface area (Å²) in [5.74, 6) is -4.32. The van der Waals surface area contributed by atoms with Gasteiger partial charge in [0, 0.05) is 6.92 Å². The molecule has 3 rings (SSSR count). The van der Waals surface area contributed by atoms with E-state index in [1.54, 1.807) is 45.2 Å². The van der Waals surface area contributed by atoms with E-state index in [9.17, 15) is 28.0 Å². The number of carbonyl (C=O) groups excluding carboxylic acids is 4. The van der Waals surface area contributed by atoms with Gasteiger partial charge in [0.1, 0.15) is 29.9 Å². The lowest BCUT2D eigenvalue weighted by atomic mass is 10.1. The topological polar surface area (TPSA) is 111 Å². The first kappa shape index (κ1) is 25.8. The zero-order chi connectivity index (χ0) is 25.9. The molecule has 0 saturated carbocycles. The molecule has 0 spiro atoms. The molecule has 0 aromatic heterocycles. The summed E-state index contributed by atoms with van der Waals surface area (Å²) in [7, 11) is 1.58. The Hall–Kier alpha value is -3.86. The molecule has 2 aromatic carbocycles. The third kappa shape index (κ3) is 5.29. The van der Waals surface area contributed by atoms with Crippen molar-refractivity contribution in [1.82, 2.24) is 10.6 Å². The summed E-state index contributed by atoms with van der Waals surface area (Å²) in [5, 5.41) is 7.61. The fourth-order valence-corrected chi connectivity index (χ4v) is 3.91. The zero-order valence-electron chi connectivity index (χ0n) is 19.8. The highest BCUT2D eigenvalue weighted by atomic mass is 19.1. The van der Waals surface area contributed by atoms with Crippen LogP contribution in [0.15, 0.2) is 42.5 Å². The first-order chi connectivity index (χ1) is 16.6. The van der Waals surface area contributed by atoms with Crippen LogP contribution >= 0.6 is 0 Å². The number of halogens is 2. The van der Waals surface area contributed by atoms with Gasteiger partial charge >= 0.3 is 0 Å². The normalized spacial score (nSPS) is 18.4. The Morgan fingerprint density at radius 3 is 2.20 bits per heavy atom. The van der Waals surface area contributed by atoms with Gasteiger partial charge < -0.3 is 20.9 Å². The SMILES string of the molecule is CN[C@@H](C)C(=O)N[C@@H]1C(=O)N(CC(=O)Nc2c(F)cccc2F)c2ccccc2N(C(C)=O)[C@H]1C. The Morgan fingerprint density at radius 2 is 1.63 bits per heavy atom. The largest absolute Gasteiger partial charge is 0.341 e. The van der Waals surface area contributed by atoms with Crippen LogP contribution < -0.4 is 25.8 Å². The van der Waals surface area contributed by atoms with Crippen LogP contribution in [0.5, 0.6) is 0 Å². The molecule has 9 nitrogen and oxygen atoms in total. The van der Waals surface area contributed by atoms with Crippen molar-refractivity contribution in [1.29, 1.82) is 0 Å². The lowest BCUT2D eigenvalue weighted by Gasteiger charge is -2.32. The number of amides is 4. The molecule has 1 aliphatic heterocycles.